The fourth-order valence-corrected chi connectivity index (χ4v) is 9.62. The molecule has 0 bridgehead atoms. The number of aryl methyl sites for hydroxylation is 2. The van der Waals surface area contributed by atoms with Gasteiger partial charge in [-0.1, -0.05) is 0 Å². The molecule has 4 aromatic rings. The van der Waals surface area contributed by atoms with Crippen molar-refractivity contribution >= 4 is 18.9 Å². The van der Waals surface area contributed by atoms with E-state index in [4.69, 9.17) is 0 Å². The number of allylic oxidation sites excluding steroid dienone is 4. The van der Waals surface area contributed by atoms with Crippen molar-refractivity contribution in [2.75, 3.05) is 0 Å². The summed E-state index contributed by atoms with van der Waals surface area (Å²) in [5, 5.41) is 0. The van der Waals surface area contributed by atoms with Crippen LogP contribution in [-0.2, 0) is 17.9 Å². The fourth-order valence-electron chi connectivity index (χ4n) is 4.73. The van der Waals surface area contributed by atoms with Gasteiger partial charge in [0, 0.05) is 0 Å². The maximum atomic E-state index is 2.46. The van der Waals surface area contributed by atoms with E-state index in [-0.39, 0.29) is 0 Å². The van der Waals surface area contributed by atoms with Crippen LogP contribution in [0.3, 0.4) is 0 Å². The minimum atomic E-state index is -1.99. The van der Waals surface area contributed by atoms with Crippen LogP contribution in [0.5, 0.6) is 0 Å². The van der Waals surface area contributed by atoms with Crippen molar-refractivity contribution in [3.05, 3.63) is 141 Å². The SMILES string of the molecule is Cc1ccc[c]([Ti]([C]2=C(c3ccccc3)C(c3ccccc3)=CC2)[c]2cccc(C)c2)c1. The average Bonchev–Trinajstić information content (AvgIpc) is 3.25. The van der Waals surface area contributed by atoms with Gasteiger partial charge in [-0.2, -0.15) is 0 Å². The van der Waals surface area contributed by atoms with E-state index in [1.807, 2.05) is 0 Å². The van der Waals surface area contributed by atoms with Gasteiger partial charge in [0.05, 0.1) is 0 Å². The van der Waals surface area contributed by atoms with Gasteiger partial charge < -0.3 is 0 Å². The Morgan fingerprint density at radius 3 is 1.62 bits per heavy atom. The second-order valence-electron chi connectivity index (χ2n) is 8.52. The van der Waals surface area contributed by atoms with Gasteiger partial charge in [-0.15, -0.1) is 0 Å². The van der Waals surface area contributed by atoms with Crippen molar-refractivity contribution in [3.63, 3.8) is 0 Å². The van der Waals surface area contributed by atoms with Gasteiger partial charge >= 0.3 is 198 Å². The zero-order valence-electron chi connectivity index (χ0n) is 18.7. The zero-order chi connectivity index (χ0) is 21.9. The molecule has 0 aromatic heterocycles. The third kappa shape index (κ3) is 4.22. The van der Waals surface area contributed by atoms with Crippen molar-refractivity contribution in [2.45, 2.75) is 20.3 Å². The van der Waals surface area contributed by atoms with Crippen LogP contribution in [0.1, 0.15) is 28.7 Å². The molecule has 0 saturated heterocycles. The molecule has 0 amide bonds. The summed E-state index contributed by atoms with van der Waals surface area (Å²) in [4.78, 5) is 0. The molecular formula is C31H27Ti. The summed E-state index contributed by atoms with van der Waals surface area (Å²) in [6.45, 7) is 4.43. The Kier molecular flexibility index (Phi) is 6.08. The van der Waals surface area contributed by atoms with Gasteiger partial charge in [-0.05, 0) is 0 Å². The minimum absolute atomic E-state index is 1.03. The quantitative estimate of drug-likeness (QED) is 0.296. The second kappa shape index (κ2) is 9.29. The van der Waals surface area contributed by atoms with Crippen LogP contribution in [0.4, 0.5) is 0 Å². The van der Waals surface area contributed by atoms with E-state index in [1.54, 1.807) is 3.88 Å². The van der Waals surface area contributed by atoms with Crippen LogP contribution in [0.15, 0.2) is 119 Å². The van der Waals surface area contributed by atoms with Crippen LogP contribution in [0, 0.1) is 13.8 Å². The van der Waals surface area contributed by atoms with Crippen molar-refractivity contribution in [1.29, 1.82) is 0 Å². The van der Waals surface area contributed by atoms with E-state index in [1.165, 1.54) is 41.1 Å². The summed E-state index contributed by atoms with van der Waals surface area (Å²) in [7, 11) is 0. The molecule has 1 aliphatic carbocycles. The van der Waals surface area contributed by atoms with Crippen LogP contribution < -0.4 is 7.74 Å². The Morgan fingerprint density at radius 1 is 0.562 bits per heavy atom. The Bertz CT molecular complexity index is 1250. The molecule has 1 aliphatic rings. The first-order valence-electron chi connectivity index (χ1n) is 11.3. The first-order chi connectivity index (χ1) is 15.7. The van der Waals surface area contributed by atoms with Gasteiger partial charge in [0.15, 0.2) is 0 Å². The van der Waals surface area contributed by atoms with Crippen LogP contribution >= 0.6 is 0 Å². The predicted octanol–water partition coefficient (Wildman–Crippen LogP) is 6.77. The van der Waals surface area contributed by atoms with E-state index in [0.717, 1.165) is 6.42 Å². The summed E-state index contributed by atoms with van der Waals surface area (Å²) in [6, 6.07) is 40.4. The van der Waals surface area contributed by atoms with E-state index in [9.17, 15) is 0 Å². The Morgan fingerprint density at radius 2 is 1.09 bits per heavy atom. The first-order valence-corrected chi connectivity index (χ1v) is 13.6. The molecule has 0 fully saturated rings. The molecule has 0 radical (unpaired) electrons. The van der Waals surface area contributed by atoms with Gasteiger partial charge in [-0.3, -0.25) is 0 Å². The summed E-state index contributed by atoms with van der Waals surface area (Å²) in [5.74, 6) is 0. The molecular weight excluding hydrogens is 420 g/mol. The van der Waals surface area contributed by atoms with E-state index >= 15 is 0 Å². The molecule has 1 heteroatoms. The van der Waals surface area contributed by atoms with Gasteiger partial charge in [0.1, 0.15) is 0 Å². The van der Waals surface area contributed by atoms with Crippen LogP contribution in [0.2, 0.25) is 0 Å². The van der Waals surface area contributed by atoms with Crippen LogP contribution in [-0.4, -0.2) is 0 Å². The van der Waals surface area contributed by atoms with Crippen molar-refractivity contribution in [1.82, 2.24) is 0 Å². The topological polar surface area (TPSA) is 0 Å². The molecule has 0 heterocycles. The van der Waals surface area contributed by atoms with Crippen molar-refractivity contribution < 1.29 is 17.9 Å². The fraction of sp³-hybridized carbons (Fsp3) is 0.0968. The van der Waals surface area contributed by atoms with Crippen LogP contribution in [0.25, 0.3) is 11.1 Å². The maximum absolute atomic E-state index is 2.46. The normalized spacial score (nSPS) is 13.2. The Labute approximate surface area is 197 Å². The molecule has 5 rings (SSSR count). The van der Waals surface area contributed by atoms with Gasteiger partial charge in [0.25, 0.3) is 0 Å². The van der Waals surface area contributed by atoms with E-state index in [2.05, 4.69) is 129 Å². The second-order valence-corrected chi connectivity index (χ2v) is 12.4. The third-order valence-corrected chi connectivity index (χ3v) is 10.6. The number of hydrogen-bond acceptors (Lipinski definition) is 0. The first kappa shape index (κ1) is 20.9. The molecule has 0 spiro atoms. The van der Waals surface area contributed by atoms with Crippen molar-refractivity contribution in [2.24, 2.45) is 0 Å². The zero-order valence-corrected chi connectivity index (χ0v) is 20.2. The molecule has 0 aliphatic heterocycles. The molecule has 155 valence electrons. The summed E-state index contributed by atoms with van der Waals surface area (Å²) in [5.41, 5.74) is 8.17. The predicted molar refractivity (Wildman–Crippen MR) is 134 cm³/mol. The summed E-state index contributed by atoms with van der Waals surface area (Å²) < 4.78 is 4.70. The third-order valence-electron chi connectivity index (χ3n) is 6.14. The van der Waals surface area contributed by atoms with E-state index in [0.29, 0.717) is 0 Å². The molecule has 32 heavy (non-hydrogen) atoms. The number of benzene rings is 4. The molecule has 0 nitrogen and oxygen atoms in total. The molecule has 0 atom stereocenters. The Balaban J connectivity index is 1.76. The summed E-state index contributed by atoms with van der Waals surface area (Å²) >= 11 is -1.99. The number of rotatable bonds is 5. The standard InChI is InChI=1S/C17H13.2C7H7.Ti/c1-3-8-14(9-4-1)16-12-7-13-17(16)15-10-5-2-6-11-15;2*1-7-5-3-2-4-6-7;/h1-6,8-12H,7H2;2*2-3,5-6H,1H3;. The monoisotopic (exact) mass is 447 g/mol. The van der Waals surface area contributed by atoms with E-state index < -0.39 is 17.9 Å². The molecule has 0 N–H and O–H groups in total. The Hall–Kier alpha value is -2.93. The number of hydrogen-bond donors (Lipinski definition) is 0. The van der Waals surface area contributed by atoms with Crippen molar-refractivity contribution in [3.8, 4) is 0 Å². The van der Waals surface area contributed by atoms with Gasteiger partial charge in [-0.25, -0.2) is 0 Å². The molecule has 0 saturated carbocycles. The average molecular weight is 447 g/mol. The summed E-state index contributed by atoms with van der Waals surface area (Å²) in [6.07, 6.45) is 3.50. The van der Waals surface area contributed by atoms with Gasteiger partial charge in [0.2, 0.25) is 0 Å². The molecule has 4 aromatic carbocycles. The molecule has 0 unspecified atom stereocenters.